The zero-order valence-electron chi connectivity index (χ0n) is 17.7. The van der Waals surface area contributed by atoms with E-state index in [0.29, 0.717) is 29.9 Å². The van der Waals surface area contributed by atoms with Crippen molar-refractivity contribution in [3.63, 3.8) is 0 Å². The first-order valence-corrected chi connectivity index (χ1v) is 11.0. The second-order valence-electron chi connectivity index (χ2n) is 8.12. The van der Waals surface area contributed by atoms with Crippen LogP contribution in [-0.4, -0.2) is 40.7 Å². The van der Waals surface area contributed by atoms with Crippen LogP contribution in [0.15, 0.2) is 30.6 Å². The quantitative estimate of drug-likeness (QED) is 0.615. The van der Waals surface area contributed by atoms with Crippen molar-refractivity contribution in [1.82, 2.24) is 9.97 Å². The number of aromatic nitrogens is 2. The number of carboxylic acid groups (broad SMARTS) is 1. The number of halogens is 1. The minimum absolute atomic E-state index is 0.154. The Balaban J connectivity index is 1.41. The van der Waals surface area contributed by atoms with Gasteiger partial charge in [-0.15, -0.1) is 0 Å². The number of aliphatic carboxylic acids is 1. The third kappa shape index (κ3) is 6.33. The van der Waals surface area contributed by atoms with Crippen LogP contribution in [0.1, 0.15) is 43.7 Å². The van der Waals surface area contributed by atoms with Crippen LogP contribution in [0.25, 0.3) is 0 Å². The van der Waals surface area contributed by atoms with Crippen molar-refractivity contribution in [3.8, 4) is 5.75 Å². The zero-order chi connectivity index (χ0) is 21.5. The number of benzene rings is 1. The van der Waals surface area contributed by atoms with E-state index in [1.54, 1.807) is 12.4 Å². The standard InChI is InChI=1S/C23H30ClN3O3/c1-16(19-7-10-27(11-8-19)23-25-14-20(24)15-26-23)9-12-30-21-5-3-18(17(2)13-21)4-6-22(28)29/h3,5,13-16,19H,4,6-12H2,1-2H3,(H,28,29)/t16-/m1/s1. The van der Waals surface area contributed by atoms with E-state index in [1.165, 1.54) is 0 Å². The molecule has 1 aliphatic heterocycles. The summed E-state index contributed by atoms with van der Waals surface area (Å²) in [6.45, 7) is 6.94. The van der Waals surface area contributed by atoms with E-state index in [9.17, 15) is 4.79 Å². The topological polar surface area (TPSA) is 75.5 Å². The van der Waals surface area contributed by atoms with Crippen LogP contribution in [0.5, 0.6) is 5.75 Å². The Morgan fingerprint density at radius 3 is 2.63 bits per heavy atom. The summed E-state index contributed by atoms with van der Waals surface area (Å²) in [4.78, 5) is 21.6. The van der Waals surface area contributed by atoms with Crippen molar-refractivity contribution in [3.05, 3.63) is 46.7 Å². The van der Waals surface area contributed by atoms with Gasteiger partial charge in [0.05, 0.1) is 24.0 Å². The highest BCUT2D eigenvalue weighted by Gasteiger charge is 2.25. The molecule has 1 aromatic heterocycles. The Kier molecular flexibility index (Phi) is 7.91. The number of hydrogen-bond acceptors (Lipinski definition) is 5. The highest BCUT2D eigenvalue weighted by Crippen LogP contribution is 2.29. The molecule has 6 nitrogen and oxygen atoms in total. The van der Waals surface area contributed by atoms with Gasteiger partial charge in [-0.25, -0.2) is 9.97 Å². The molecule has 1 N–H and O–H groups in total. The summed E-state index contributed by atoms with van der Waals surface area (Å²) in [6.07, 6.45) is 7.28. The van der Waals surface area contributed by atoms with Crippen LogP contribution in [-0.2, 0) is 11.2 Å². The maximum atomic E-state index is 10.8. The molecule has 1 fully saturated rings. The summed E-state index contributed by atoms with van der Waals surface area (Å²) in [5, 5.41) is 9.40. The second-order valence-corrected chi connectivity index (χ2v) is 8.56. The van der Waals surface area contributed by atoms with E-state index in [4.69, 9.17) is 21.4 Å². The molecule has 0 amide bonds. The lowest BCUT2D eigenvalue weighted by Crippen LogP contribution is -2.36. The van der Waals surface area contributed by atoms with Gasteiger partial charge in [-0.05, 0) is 67.7 Å². The highest BCUT2D eigenvalue weighted by atomic mass is 35.5. The lowest BCUT2D eigenvalue weighted by Gasteiger charge is -2.34. The summed E-state index contributed by atoms with van der Waals surface area (Å²) >= 11 is 5.87. The third-order valence-electron chi connectivity index (χ3n) is 6.00. The molecule has 7 heteroatoms. The molecular formula is C23H30ClN3O3. The predicted octanol–water partition coefficient (Wildman–Crippen LogP) is 4.78. The fraction of sp³-hybridized carbons (Fsp3) is 0.522. The average molecular weight is 432 g/mol. The van der Waals surface area contributed by atoms with Gasteiger partial charge in [0, 0.05) is 19.5 Å². The van der Waals surface area contributed by atoms with Crippen molar-refractivity contribution in [2.24, 2.45) is 11.8 Å². The summed E-state index contributed by atoms with van der Waals surface area (Å²) in [7, 11) is 0. The van der Waals surface area contributed by atoms with Crippen LogP contribution in [0.4, 0.5) is 5.95 Å². The number of hydrogen-bond donors (Lipinski definition) is 1. The lowest BCUT2D eigenvalue weighted by atomic mass is 9.84. The van der Waals surface area contributed by atoms with Gasteiger partial charge in [-0.3, -0.25) is 4.79 Å². The van der Waals surface area contributed by atoms with Crippen molar-refractivity contribution >= 4 is 23.5 Å². The number of nitrogens with zero attached hydrogens (tertiary/aromatic N) is 3. The van der Waals surface area contributed by atoms with Crippen molar-refractivity contribution in [2.75, 3.05) is 24.6 Å². The molecule has 2 aromatic rings. The third-order valence-corrected chi connectivity index (χ3v) is 6.19. The van der Waals surface area contributed by atoms with Crippen LogP contribution in [0.3, 0.4) is 0 Å². The molecule has 0 radical (unpaired) electrons. The van der Waals surface area contributed by atoms with Gasteiger partial charge in [-0.1, -0.05) is 24.6 Å². The first kappa shape index (κ1) is 22.3. The smallest absolute Gasteiger partial charge is 0.303 e. The molecule has 1 aliphatic rings. The fourth-order valence-electron chi connectivity index (χ4n) is 4.02. The monoisotopic (exact) mass is 431 g/mol. The molecular weight excluding hydrogens is 402 g/mol. The van der Waals surface area contributed by atoms with Crippen LogP contribution in [0, 0.1) is 18.8 Å². The van der Waals surface area contributed by atoms with Gasteiger partial charge in [0.15, 0.2) is 0 Å². The van der Waals surface area contributed by atoms with Gasteiger partial charge in [0.2, 0.25) is 5.95 Å². The van der Waals surface area contributed by atoms with Gasteiger partial charge < -0.3 is 14.7 Å². The Bertz CT molecular complexity index is 836. The first-order chi connectivity index (χ1) is 14.4. The molecule has 2 heterocycles. The molecule has 0 bridgehead atoms. The summed E-state index contributed by atoms with van der Waals surface area (Å²) in [6, 6.07) is 5.93. The number of ether oxygens (including phenoxy) is 1. The van der Waals surface area contributed by atoms with Crippen LogP contribution < -0.4 is 9.64 Å². The number of piperidine rings is 1. The molecule has 1 aromatic carbocycles. The average Bonchev–Trinajstić information content (AvgIpc) is 2.73. The van der Waals surface area contributed by atoms with Crippen LogP contribution >= 0.6 is 11.6 Å². The van der Waals surface area contributed by atoms with Crippen LogP contribution in [0.2, 0.25) is 5.02 Å². The fourth-order valence-corrected chi connectivity index (χ4v) is 4.11. The SMILES string of the molecule is Cc1cc(OCC[C@@H](C)C2CCN(c3ncc(Cl)cn3)CC2)ccc1CCC(=O)O. The lowest BCUT2D eigenvalue weighted by molar-refractivity contribution is -0.136. The minimum atomic E-state index is -0.768. The molecule has 0 spiro atoms. The first-order valence-electron chi connectivity index (χ1n) is 10.6. The molecule has 0 saturated carbocycles. The van der Waals surface area contributed by atoms with Crippen molar-refractivity contribution < 1.29 is 14.6 Å². The van der Waals surface area contributed by atoms with Gasteiger partial charge in [0.1, 0.15) is 5.75 Å². The van der Waals surface area contributed by atoms with Gasteiger partial charge >= 0.3 is 5.97 Å². The van der Waals surface area contributed by atoms with E-state index in [2.05, 4.69) is 21.8 Å². The van der Waals surface area contributed by atoms with Crippen molar-refractivity contribution in [1.29, 1.82) is 0 Å². The largest absolute Gasteiger partial charge is 0.494 e. The Morgan fingerprint density at radius 2 is 2.00 bits per heavy atom. The molecule has 1 atom stereocenters. The number of anilines is 1. The minimum Gasteiger partial charge on any atom is -0.494 e. The zero-order valence-corrected chi connectivity index (χ0v) is 18.4. The predicted molar refractivity (Wildman–Crippen MR) is 118 cm³/mol. The van der Waals surface area contributed by atoms with E-state index >= 15 is 0 Å². The Hall–Kier alpha value is -2.34. The molecule has 0 aliphatic carbocycles. The molecule has 0 unspecified atom stereocenters. The van der Waals surface area contributed by atoms with E-state index in [-0.39, 0.29) is 6.42 Å². The molecule has 3 rings (SSSR count). The highest BCUT2D eigenvalue weighted by molar-refractivity contribution is 6.30. The number of carboxylic acids is 1. The summed E-state index contributed by atoms with van der Waals surface area (Å²) in [5.74, 6) is 2.12. The Labute approximate surface area is 183 Å². The molecule has 162 valence electrons. The maximum Gasteiger partial charge on any atom is 0.303 e. The second kappa shape index (κ2) is 10.6. The van der Waals surface area contributed by atoms with Crippen molar-refractivity contribution in [2.45, 2.75) is 46.0 Å². The maximum absolute atomic E-state index is 10.8. The van der Waals surface area contributed by atoms with E-state index in [1.807, 2.05) is 25.1 Å². The summed E-state index contributed by atoms with van der Waals surface area (Å²) < 4.78 is 5.97. The number of carbonyl (C=O) groups is 1. The molecule has 30 heavy (non-hydrogen) atoms. The Morgan fingerprint density at radius 1 is 1.30 bits per heavy atom. The normalized spacial score (nSPS) is 15.8. The van der Waals surface area contributed by atoms with E-state index < -0.39 is 5.97 Å². The number of rotatable bonds is 9. The molecule has 1 saturated heterocycles. The van der Waals surface area contributed by atoms with E-state index in [0.717, 1.165) is 55.2 Å². The van der Waals surface area contributed by atoms with Gasteiger partial charge in [0.25, 0.3) is 0 Å². The summed E-state index contributed by atoms with van der Waals surface area (Å²) in [5.41, 5.74) is 2.15. The number of aryl methyl sites for hydroxylation is 2. The van der Waals surface area contributed by atoms with Gasteiger partial charge in [-0.2, -0.15) is 0 Å².